The second-order valence-electron chi connectivity index (χ2n) is 6.54. The second kappa shape index (κ2) is 8.80. The maximum atomic E-state index is 12.9. The van der Waals surface area contributed by atoms with Gasteiger partial charge in [-0.3, -0.25) is 0 Å². The molecule has 0 aliphatic carbocycles. The first-order chi connectivity index (χ1) is 13.8. The van der Waals surface area contributed by atoms with Crippen LogP contribution in [0.5, 0.6) is 23.0 Å². The van der Waals surface area contributed by atoms with Crippen LogP contribution in [0, 0.1) is 0 Å². The van der Waals surface area contributed by atoms with Crippen LogP contribution in [0.1, 0.15) is 27.0 Å². The third kappa shape index (κ3) is 3.50. The summed E-state index contributed by atoms with van der Waals surface area (Å²) in [6.07, 6.45) is 0. The number of halogens is 4. The molecule has 31 heavy (non-hydrogen) atoms. The van der Waals surface area contributed by atoms with Crippen molar-refractivity contribution in [1.82, 2.24) is 0 Å². The van der Waals surface area contributed by atoms with Gasteiger partial charge in [0, 0.05) is 28.8 Å². The Bertz CT molecular complexity index is 1210. The van der Waals surface area contributed by atoms with E-state index in [1.807, 2.05) is 0 Å². The summed E-state index contributed by atoms with van der Waals surface area (Å²) in [5, 5.41) is 19.7. The van der Waals surface area contributed by atoms with E-state index in [4.69, 9.17) is 55.9 Å². The van der Waals surface area contributed by atoms with Crippen LogP contribution in [0.3, 0.4) is 0 Å². The summed E-state index contributed by atoms with van der Waals surface area (Å²) in [6.45, 7) is 0. The van der Waals surface area contributed by atoms with E-state index in [2.05, 4.69) is 0 Å². The zero-order valence-electron chi connectivity index (χ0n) is 14.1. The SMILES string of the molecule is O=C1OC2(c3ccc(O)cc3Oc3cc(O)ccc32)c2c(Cl)c(Cl)c(Cl)c(Cl)c21.[NaH].[NaH]. The van der Waals surface area contributed by atoms with Gasteiger partial charge in [-0.25, -0.2) is 4.79 Å². The zero-order chi connectivity index (χ0) is 20.7. The van der Waals surface area contributed by atoms with Gasteiger partial charge in [-0.1, -0.05) is 46.4 Å². The van der Waals surface area contributed by atoms with Gasteiger partial charge in [0.1, 0.15) is 23.0 Å². The Morgan fingerprint density at radius 3 is 1.74 bits per heavy atom. The Balaban J connectivity index is 0.00000136. The summed E-state index contributed by atoms with van der Waals surface area (Å²) in [5.41, 5.74) is -0.559. The van der Waals surface area contributed by atoms with E-state index in [1.54, 1.807) is 12.1 Å². The number of ether oxygens (including phenoxy) is 2. The Morgan fingerprint density at radius 2 is 1.23 bits per heavy atom. The molecule has 11 heteroatoms. The van der Waals surface area contributed by atoms with Crippen LogP contribution >= 0.6 is 46.4 Å². The molecule has 3 aromatic rings. The first-order valence-electron chi connectivity index (χ1n) is 8.20. The number of phenols is 2. The molecule has 2 heterocycles. The number of aromatic hydroxyl groups is 2. The molecular formula is C20H10Cl4Na2O5. The fraction of sp³-hybridized carbons (Fsp3) is 0.0500. The Labute approximate surface area is 240 Å². The van der Waals surface area contributed by atoms with Gasteiger partial charge in [-0.15, -0.1) is 0 Å². The second-order valence-corrected chi connectivity index (χ2v) is 8.05. The fourth-order valence-corrected chi connectivity index (χ4v) is 4.87. The molecule has 0 saturated carbocycles. The Morgan fingerprint density at radius 1 is 0.742 bits per heavy atom. The van der Waals surface area contributed by atoms with Crippen molar-refractivity contribution in [1.29, 1.82) is 0 Å². The van der Waals surface area contributed by atoms with Gasteiger partial charge in [0.2, 0.25) is 0 Å². The van der Waals surface area contributed by atoms with Crippen molar-refractivity contribution in [3.63, 3.8) is 0 Å². The number of rotatable bonds is 0. The third-order valence-electron chi connectivity index (χ3n) is 4.98. The van der Waals surface area contributed by atoms with Crippen LogP contribution in [-0.4, -0.2) is 75.3 Å². The summed E-state index contributed by atoms with van der Waals surface area (Å²) in [7, 11) is 0. The van der Waals surface area contributed by atoms with Crippen molar-refractivity contribution in [2.75, 3.05) is 0 Å². The number of esters is 1. The molecule has 150 valence electrons. The summed E-state index contributed by atoms with van der Waals surface area (Å²) >= 11 is 25.3. The van der Waals surface area contributed by atoms with E-state index in [1.165, 1.54) is 24.3 Å². The number of benzene rings is 3. The minimum absolute atomic E-state index is 0. The molecule has 2 aliphatic heterocycles. The Hall–Kier alpha value is -0.310. The van der Waals surface area contributed by atoms with Gasteiger partial charge in [0.25, 0.3) is 0 Å². The van der Waals surface area contributed by atoms with E-state index in [-0.39, 0.29) is 113 Å². The molecule has 0 saturated heterocycles. The molecule has 0 unspecified atom stereocenters. The van der Waals surface area contributed by atoms with Gasteiger partial charge in [0.15, 0.2) is 5.60 Å². The van der Waals surface area contributed by atoms with Crippen LogP contribution < -0.4 is 4.74 Å². The van der Waals surface area contributed by atoms with Crippen molar-refractivity contribution in [3.05, 3.63) is 78.7 Å². The van der Waals surface area contributed by atoms with E-state index in [9.17, 15) is 15.0 Å². The van der Waals surface area contributed by atoms with Crippen LogP contribution in [0.2, 0.25) is 20.1 Å². The summed E-state index contributed by atoms with van der Waals surface area (Å²) in [4.78, 5) is 12.9. The molecule has 0 radical (unpaired) electrons. The fourth-order valence-electron chi connectivity index (χ4n) is 3.81. The quantitative estimate of drug-likeness (QED) is 0.190. The van der Waals surface area contributed by atoms with Crippen molar-refractivity contribution >= 4 is 111 Å². The molecule has 0 amide bonds. The molecule has 0 atom stereocenters. The monoisotopic (exact) mass is 516 g/mol. The average Bonchev–Trinajstić information content (AvgIpc) is 2.97. The van der Waals surface area contributed by atoms with Crippen LogP contribution in [0.4, 0.5) is 0 Å². The molecule has 0 fully saturated rings. The van der Waals surface area contributed by atoms with Crippen molar-refractivity contribution in [3.8, 4) is 23.0 Å². The first-order valence-corrected chi connectivity index (χ1v) is 9.71. The molecule has 5 rings (SSSR count). The predicted octanol–water partition coefficient (Wildman–Crippen LogP) is 4.98. The molecule has 3 aromatic carbocycles. The molecule has 5 nitrogen and oxygen atoms in total. The number of phenolic OH excluding ortho intramolecular Hbond substituents is 2. The number of fused-ring (bicyclic) bond motifs is 6. The van der Waals surface area contributed by atoms with E-state index < -0.39 is 11.6 Å². The first kappa shape index (κ1) is 25.3. The van der Waals surface area contributed by atoms with Crippen molar-refractivity contribution in [2.45, 2.75) is 5.60 Å². The maximum absolute atomic E-state index is 12.9. The van der Waals surface area contributed by atoms with E-state index >= 15 is 0 Å². The van der Waals surface area contributed by atoms with Gasteiger partial charge in [0.05, 0.1) is 25.7 Å². The molecule has 0 bridgehead atoms. The number of carbonyl (C=O) groups excluding carboxylic acids is 1. The average molecular weight is 518 g/mol. The summed E-state index contributed by atoms with van der Waals surface area (Å²) in [5.74, 6) is -0.454. The third-order valence-corrected chi connectivity index (χ3v) is 6.78. The molecular weight excluding hydrogens is 508 g/mol. The zero-order valence-corrected chi connectivity index (χ0v) is 17.1. The van der Waals surface area contributed by atoms with Crippen LogP contribution in [0.15, 0.2) is 36.4 Å². The Kier molecular flexibility index (Phi) is 7.19. The predicted molar refractivity (Wildman–Crippen MR) is 122 cm³/mol. The minimum atomic E-state index is -1.56. The van der Waals surface area contributed by atoms with Crippen molar-refractivity contribution in [2.24, 2.45) is 0 Å². The number of hydrogen-bond acceptors (Lipinski definition) is 5. The van der Waals surface area contributed by atoms with Crippen LogP contribution in [-0.2, 0) is 10.3 Å². The standard InChI is InChI=1S/C20H8Cl4O5.2Na.2H/c21-15-13-14(16(22)18(24)17(15)23)20(29-19(13)27)9-3-1-7(25)5-11(9)28-12-6-8(26)2-4-10(12)20;;;;/h1-6,25-26H;;;;. The summed E-state index contributed by atoms with van der Waals surface area (Å²) < 4.78 is 11.7. The van der Waals surface area contributed by atoms with E-state index in [0.29, 0.717) is 11.1 Å². The number of carbonyl (C=O) groups is 1. The van der Waals surface area contributed by atoms with Crippen LogP contribution in [0.25, 0.3) is 0 Å². The number of hydrogen-bond donors (Lipinski definition) is 2. The van der Waals surface area contributed by atoms with E-state index in [0.717, 1.165) is 0 Å². The van der Waals surface area contributed by atoms with Gasteiger partial charge >= 0.3 is 65.1 Å². The van der Waals surface area contributed by atoms with Gasteiger partial charge in [-0.05, 0) is 24.3 Å². The summed E-state index contributed by atoms with van der Waals surface area (Å²) in [6, 6.07) is 8.68. The molecule has 0 aromatic heterocycles. The molecule has 1 spiro atoms. The normalized spacial score (nSPS) is 14.4. The molecule has 2 N–H and O–H groups in total. The molecule has 2 aliphatic rings. The van der Waals surface area contributed by atoms with Gasteiger partial charge in [-0.2, -0.15) is 0 Å². The topological polar surface area (TPSA) is 76.0 Å². The van der Waals surface area contributed by atoms with Gasteiger partial charge < -0.3 is 19.7 Å². The van der Waals surface area contributed by atoms with Crippen molar-refractivity contribution < 1.29 is 24.5 Å².